The van der Waals surface area contributed by atoms with E-state index in [1.807, 2.05) is 0 Å². The van der Waals surface area contributed by atoms with Crippen LogP contribution in [0.1, 0.15) is 24.8 Å². The molecule has 3 unspecified atom stereocenters. The highest BCUT2D eigenvalue weighted by Crippen LogP contribution is 2.59. The van der Waals surface area contributed by atoms with Crippen molar-refractivity contribution < 1.29 is 23.0 Å². The molecule has 0 heterocycles. The van der Waals surface area contributed by atoms with Crippen molar-refractivity contribution in [3.8, 4) is 5.75 Å². The minimum absolute atomic E-state index is 0.223. The second-order valence-corrected chi connectivity index (χ2v) is 5.80. The van der Waals surface area contributed by atoms with E-state index in [2.05, 4.69) is 4.74 Å². The van der Waals surface area contributed by atoms with Crippen LogP contribution in [0.2, 0.25) is 0 Å². The third kappa shape index (κ3) is 2.92. The lowest BCUT2D eigenvalue weighted by atomic mass is 10.00. The van der Waals surface area contributed by atoms with E-state index in [4.69, 9.17) is 0 Å². The molecule has 2 nitrogen and oxygen atoms in total. The molecule has 2 aliphatic carbocycles. The molecular formula is C15H17F3O2. The molecule has 20 heavy (non-hydrogen) atoms. The summed E-state index contributed by atoms with van der Waals surface area (Å²) in [5, 5.41) is 10.2. The number of hydrogen-bond donors (Lipinski definition) is 1. The van der Waals surface area contributed by atoms with Crippen LogP contribution >= 0.6 is 0 Å². The molecule has 110 valence electrons. The molecule has 1 aromatic rings. The number of hydrogen-bond acceptors (Lipinski definition) is 2. The third-order valence-corrected chi connectivity index (χ3v) is 4.52. The number of ether oxygens (including phenoxy) is 1. The zero-order chi connectivity index (χ0) is 14.3. The smallest absolute Gasteiger partial charge is 0.406 e. The second-order valence-electron chi connectivity index (χ2n) is 5.80. The first-order chi connectivity index (χ1) is 9.44. The molecule has 0 aromatic heterocycles. The van der Waals surface area contributed by atoms with Gasteiger partial charge in [0, 0.05) is 0 Å². The fraction of sp³-hybridized carbons (Fsp3) is 0.600. The quantitative estimate of drug-likeness (QED) is 0.917. The Morgan fingerprint density at radius 3 is 2.30 bits per heavy atom. The zero-order valence-electron chi connectivity index (χ0n) is 10.9. The molecule has 5 heteroatoms. The van der Waals surface area contributed by atoms with Crippen LogP contribution in [-0.4, -0.2) is 17.6 Å². The van der Waals surface area contributed by atoms with Crippen molar-refractivity contribution in [3.05, 3.63) is 29.8 Å². The van der Waals surface area contributed by atoms with E-state index in [-0.39, 0.29) is 11.9 Å². The zero-order valence-corrected chi connectivity index (χ0v) is 10.9. The third-order valence-electron chi connectivity index (χ3n) is 4.52. The first kappa shape index (κ1) is 13.7. The number of benzene rings is 1. The van der Waals surface area contributed by atoms with E-state index in [9.17, 15) is 18.3 Å². The first-order valence-electron chi connectivity index (χ1n) is 6.97. The maximum Gasteiger partial charge on any atom is 0.573 e. The molecule has 1 N–H and O–H groups in total. The van der Waals surface area contributed by atoms with Gasteiger partial charge in [0.05, 0.1) is 6.10 Å². The number of alkyl halides is 3. The van der Waals surface area contributed by atoms with Gasteiger partial charge in [0.2, 0.25) is 0 Å². The van der Waals surface area contributed by atoms with Crippen molar-refractivity contribution in [1.29, 1.82) is 0 Å². The largest absolute Gasteiger partial charge is 0.573 e. The lowest BCUT2D eigenvalue weighted by Gasteiger charge is -2.13. The molecule has 0 spiro atoms. The van der Waals surface area contributed by atoms with Gasteiger partial charge in [-0.1, -0.05) is 18.6 Å². The molecule has 0 aliphatic heterocycles. The van der Waals surface area contributed by atoms with E-state index in [1.165, 1.54) is 31.4 Å². The molecule has 0 radical (unpaired) electrons. The molecular weight excluding hydrogens is 269 g/mol. The summed E-state index contributed by atoms with van der Waals surface area (Å²) in [6.07, 6.45) is -0.840. The Hall–Kier alpha value is -1.23. The van der Waals surface area contributed by atoms with Crippen molar-refractivity contribution in [3.63, 3.8) is 0 Å². The first-order valence-corrected chi connectivity index (χ1v) is 6.97. The monoisotopic (exact) mass is 286 g/mol. The molecule has 0 amide bonds. The Morgan fingerprint density at radius 1 is 1.15 bits per heavy atom. The van der Waals surface area contributed by atoms with E-state index in [0.717, 1.165) is 5.56 Å². The lowest BCUT2D eigenvalue weighted by Crippen LogP contribution is -2.18. The van der Waals surface area contributed by atoms with Crippen LogP contribution in [0.15, 0.2) is 24.3 Å². The Kier molecular flexibility index (Phi) is 3.40. The average Bonchev–Trinajstić information content (AvgIpc) is 2.84. The highest BCUT2D eigenvalue weighted by Gasteiger charge is 2.55. The highest BCUT2D eigenvalue weighted by molar-refractivity contribution is 5.28. The van der Waals surface area contributed by atoms with Crippen LogP contribution in [0.25, 0.3) is 0 Å². The molecule has 2 aliphatic rings. The lowest BCUT2D eigenvalue weighted by molar-refractivity contribution is -0.274. The van der Waals surface area contributed by atoms with Gasteiger partial charge in [-0.05, 0) is 54.7 Å². The average molecular weight is 286 g/mol. The topological polar surface area (TPSA) is 29.5 Å². The molecule has 0 bridgehead atoms. The minimum atomic E-state index is -4.66. The predicted octanol–water partition coefficient (Wildman–Crippen LogP) is 3.53. The maximum atomic E-state index is 12.0. The van der Waals surface area contributed by atoms with Crippen LogP contribution in [0.4, 0.5) is 13.2 Å². The summed E-state index contributed by atoms with van der Waals surface area (Å²) in [4.78, 5) is 0. The number of halogens is 3. The SMILES string of the molecule is OC(Cc1ccc(OC(F)(F)F)cc1)C1C2CCCC21. The number of rotatable bonds is 4. The maximum absolute atomic E-state index is 12.0. The molecule has 0 saturated heterocycles. The normalized spacial score (nSPS) is 29.9. The molecule has 2 fully saturated rings. The predicted molar refractivity (Wildman–Crippen MR) is 67.2 cm³/mol. The summed E-state index contributed by atoms with van der Waals surface area (Å²) in [5.74, 6) is 1.53. The highest BCUT2D eigenvalue weighted by atomic mass is 19.4. The van der Waals surface area contributed by atoms with Gasteiger partial charge >= 0.3 is 6.36 Å². The Labute approximate surface area is 115 Å². The summed E-state index contributed by atoms with van der Waals surface area (Å²) in [5.41, 5.74) is 0.844. The van der Waals surface area contributed by atoms with Gasteiger partial charge in [-0.25, -0.2) is 0 Å². The van der Waals surface area contributed by atoms with E-state index in [1.54, 1.807) is 12.1 Å². The number of aliphatic hydroxyl groups excluding tert-OH is 1. The van der Waals surface area contributed by atoms with Gasteiger partial charge < -0.3 is 9.84 Å². The fourth-order valence-corrected chi connectivity index (χ4v) is 3.65. The van der Waals surface area contributed by atoms with Crippen LogP contribution in [0.5, 0.6) is 5.75 Å². The van der Waals surface area contributed by atoms with Crippen LogP contribution in [-0.2, 0) is 6.42 Å². The van der Waals surface area contributed by atoms with Crippen LogP contribution in [0.3, 0.4) is 0 Å². The van der Waals surface area contributed by atoms with E-state index in [0.29, 0.717) is 24.2 Å². The molecule has 3 atom stereocenters. The van der Waals surface area contributed by atoms with Gasteiger partial charge in [-0.15, -0.1) is 13.2 Å². The van der Waals surface area contributed by atoms with Crippen molar-refractivity contribution in [2.75, 3.05) is 0 Å². The van der Waals surface area contributed by atoms with Crippen molar-refractivity contribution in [1.82, 2.24) is 0 Å². The van der Waals surface area contributed by atoms with Crippen LogP contribution in [0, 0.1) is 17.8 Å². The van der Waals surface area contributed by atoms with Gasteiger partial charge in [-0.2, -0.15) is 0 Å². The number of fused-ring (bicyclic) bond motifs is 1. The molecule has 1 aromatic carbocycles. The van der Waals surface area contributed by atoms with Gasteiger partial charge in [0.1, 0.15) is 5.75 Å². The summed E-state index contributed by atoms with van der Waals surface area (Å²) in [7, 11) is 0. The fourth-order valence-electron chi connectivity index (χ4n) is 3.65. The van der Waals surface area contributed by atoms with E-state index >= 15 is 0 Å². The Morgan fingerprint density at radius 2 is 1.75 bits per heavy atom. The molecule has 2 saturated carbocycles. The Bertz CT molecular complexity index is 459. The number of aliphatic hydroxyl groups is 1. The summed E-state index contributed by atoms with van der Waals surface area (Å²) >= 11 is 0. The van der Waals surface area contributed by atoms with Crippen molar-refractivity contribution >= 4 is 0 Å². The van der Waals surface area contributed by atoms with Crippen molar-refractivity contribution in [2.24, 2.45) is 17.8 Å². The van der Waals surface area contributed by atoms with Crippen LogP contribution < -0.4 is 4.74 Å². The summed E-state index contributed by atoms with van der Waals surface area (Å²) in [6, 6.07) is 5.76. The Balaban J connectivity index is 1.55. The summed E-state index contributed by atoms with van der Waals surface area (Å²) < 4.78 is 39.9. The van der Waals surface area contributed by atoms with Crippen molar-refractivity contribution in [2.45, 2.75) is 38.1 Å². The summed E-state index contributed by atoms with van der Waals surface area (Å²) in [6.45, 7) is 0. The van der Waals surface area contributed by atoms with E-state index < -0.39 is 6.36 Å². The second kappa shape index (κ2) is 4.95. The molecule has 3 rings (SSSR count). The van der Waals surface area contributed by atoms with Gasteiger partial charge in [-0.3, -0.25) is 0 Å². The minimum Gasteiger partial charge on any atom is -0.406 e. The van der Waals surface area contributed by atoms with Gasteiger partial charge in [0.15, 0.2) is 0 Å². The van der Waals surface area contributed by atoms with Gasteiger partial charge in [0.25, 0.3) is 0 Å². The standard InChI is InChI=1S/C15H17F3O2/c16-15(17,18)20-10-6-4-9(5-7-10)8-13(19)14-11-2-1-3-12(11)14/h4-7,11-14,19H,1-3,8H2.